The number of nitrogens with zero attached hydrogens (tertiary/aromatic N) is 3. The smallest absolute Gasteiger partial charge is 0.251 e. The van der Waals surface area contributed by atoms with Gasteiger partial charge in [-0.1, -0.05) is 0 Å². The lowest BCUT2D eigenvalue weighted by atomic mass is 10.2. The molecule has 0 saturated carbocycles. The summed E-state index contributed by atoms with van der Waals surface area (Å²) in [5.41, 5.74) is 2.40. The number of hydrogen-bond donors (Lipinski definition) is 1. The zero-order valence-corrected chi connectivity index (χ0v) is 17.8. The summed E-state index contributed by atoms with van der Waals surface area (Å²) < 4.78 is 13.5. The van der Waals surface area contributed by atoms with Crippen molar-refractivity contribution in [2.45, 2.75) is 38.0 Å². The highest BCUT2D eigenvalue weighted by atomic mass is 16.5. The van der Waals surface area contributed by atoms with Crippen molar-refractivity contribution < 1.29 is 19.1 Å². The number of benzene rings is 1. The Morgan fingerprint density at radius 2 is 2.03 bits per heavy atom. The van der Waals surface area contributed by atoms with Crippen LogP contribution in [-0.2, 0) is 16.1 Å². The average molecular weight is 434 g/mol. The van der Waals surface area contributed by atoms with Gasteiger partial charge in [-0.25, -0.2) is 4.98 Å². The first kappa shape index (κ1) is 20.5. The van der Waals surface area contributed by atoms with Crippen LogP contribution in [0.1, 0.15) is 35.2 Å². The Kier molecular flexibility index (Phi) is 5.77. The van der Waals surface area contributed by atoms with E-state index in [1.54, 1.807) is 30.5 Å². The average Bonchev–Trinajstić information content (AvgIpc) is 3.59. The van der Waals surface area contributed by atoms with Crippen molar-refractivity contribution in [1.82, 2.24) is 19.6 Å². The number of carbonyl (C=O) groups excluding carboxylic acids is 2. The minimum Gasteiger partial charge on any atom is -0.489 e. The van der Waals surface area contributed by atoms with Crippen LogP contribution in [0, 0.1) is 0 Å². The van der Waals surface area contributed by atoms with E-state index >= 15 is 0 Å². The van der Waals surface area contributed by atoms with E-state index in [0.29, 0.717) is 37.6 Å². The van der Waals surface area contributed by atoms with Gasteiger partial charge in [0.2, 0.25) is 0 Å². The predicted octanol–water partition coefficient (Wildman–Crippen LogP) is 2.42. The molecule has 0 aliphatic carbocycles. The Bertz CT molecular complexity index is 1100. The van der Waals surface area contributed by atoms with Gasteiger partial charge in [0.15, 0.2) is 0 Å². The minimum absolute atomic E-state index is 0.0439. The van der Waals surface area contributed by atoms with Gasteiger partial charge in [0.05, 0.1) is 6.54 Å². The van der Waals surface area contributed by atoms with Gasteiger partial charge < -0.3 is 24.1 Å². The molecule has 2 fully saturated rings. The first-order valence-corrected chi connectivity index (χ1v) is 11.0. The number of aromatic nitrogens is 2. The monoisotopic (exact) mass is 434 g/mol. The summed E-state index contributed by atoms with van der Waals surface area (Å²) in [6.07, 6.45) is 7.77. The van der Waals surface area contributed by atoms with Crippen LogP contribution in [0.25, 0.3) is 5.65 Å². The van der Waals surface area contributed by atoms with Gasteiger partial charge in [-0.2, -0.15) is 0 Å². The van der Waals surface area contributed by atoms with E-state index in [4.69, 9.17) is 9.47 Å². The molecule has 0 radical (unpaired) electrons. The van der Waals surface area contributed by atoms with Gasteiger partial charge in [-0.3, -0.25) is 9.59 Å². The fraction of sp³-hybridized carbons (Fsp3) is 0.375. The molecule has 4 heterocycles. The van der Waals surface area contributed by atoms with Crippen molar-refractivity contribution in [2.24, 2.45) is 0 Å². The molecule has 1 aromatic carbocycles. The maximum atomic E-state index is 12.5. The quantitative estimate of drug-likeness (QED) is 0.644. The fourth-order valence-electron chi connectivity index (χ4n) is 4.22. The maximum absolute atomic E-state index is 12.5. The molecule has 8 nitrogen and oxygen atoms in total. The number of pyridine rings is 1. The van der Waals surface area contributed by atoms with Crippen molar-refractivity contribution >= 4 is 17.5 Å². The Balaban J connectivity index is 1.12. The van der Waals surface area contributed by atoms with Crippen molar-refractivity contribution in [3.8, 4) is 5.75 Å². The summed E-state index contributed by atoms with van der Waals surface area (Å²) in [6.45, 7) is 2.36. The maximum Gasteiger partial charge on any atom is 0.251 e. The second kappa shape index (κ2) is 9.00. The largest absolute Gasteiger partial charge is 0.489 e. The van der Waals surface area contributed by atoms with Crippen molar-refractivity contribution in [3.63, 3.8) is 0 Å². The molecule has 1 N–H and O–H groups in total. The Labute approximate surface area is 186 Å². The molecule has 0 bridgehead atoms. The molecule has 166 valence electrons. The molecule has 2 saturated heterocycles. The zero-order valence-electron chi connectivity index (χ0n) is 17.8. The highest BCUT2D eigenvalue weighted by molar-refractivity contribution is 5.94. The van der Waals surface area contributed by atoms with E-state index in [-0.39, 0.29) is 24.0 Å². The topological polar surface area (TPSA) is 85.2 Å². The zero-order chi connectivity index (χ0) is 21.9. The highest BCUT2D eigenvalue weighted by Crippen LogP contribution is 2.22. The number of hydrogen-bond acceptors (Lipinski definition) is 5. The standard InChI is InChI=1S/C24H26N4O4/c29-23(26-15-17-7-10-27-12-9-25-22(27)14-17)18-3-5-19(6-4-18)32-20-8-11-28(16-20)24(30)21-2-1-13-31-21/h3-7,9-10,12,14,20-21H,1-2,8,11,13,15-16H2,(H,26,29)/t20-,21+/m0/s1. The molecule has 0 unspecified atom stereocenters. The van der Waals surface area contributed by atoms with Crippen molar-refractivity contribution in [1.29, 1.82) is 0 Å². The molecule has 8 heteroatoms. The number of likely N-dealkylation sites (tertiary alicyclic amines) is 1. The van der Waals surface area contributed by atoms with Crippen LogP contribution >= 0.6 is 0 Å². The molecule has 2 aliphatic rings. The van der Waals surface area contributed by atoms with Crippen LogP contribution in [0.5, 0.6) is 5.75 Å². The van der Waals surface area contributed by atoms with Gasteiger partial charge in [0, 0.05) is 50.3 Å². The number of nitrogens with one attached hydrogen (secondary N) is 1. The van der Waals surface area contributed by atoms with Crippen LogP contribution in [0.4, 0.5) is 0 Å². The van der Waals surface area contributed by atoms with Crippen LogP contribution in [0.2, 0.25) is 0 Å². The number of imidazole rings is 1. The molecular weight excluding hydrogens is 408 g/mol. The summed E-state index contributed by atoms with van der Waals surface area (Å²) in [5.74, 6) is 0.629. The lowest BCUT2D eigenvalue weighted by Crippen LogP contribution is -2.38. The molecular formula is C24H26N4O4. The van der Waals surface area contributed by atoms with E-state index in [1.807, 2.05) is 33.8 Å². The molecule has 32 heavy (non-hydrogen) atoms. The summed E-state index contributed by atoms with van der Waals surface area (Å²) in [4.78, 5) is 31.1. The molecule has 3 aromatic rings. The van der Waals surface area contributed by atoms with Gasteiger partial charge in [0.25, 0.3) is 11.8 Å². The van der Waals surface area contributed by atoms with Crippen LogP contribution in [0.15, 0.2) is 55.0 Å². The third kappa shape index (κ3) is 4.45. The normalized spacial score (nSPS) is 20.6. The summed E-state index contributed by atoms with van der Waals surface area (Å²) >= 11 is 0. The molecule has 2 amide bonds. The van der Waals surface area contributed by atoms with E-state index in [9.17, 15) is 9.59 Å². The van der Waals surface area contributed by atoms with E-state index in [2.05, 4.69) is 10.3 Å². The summed E-state index contributed by atoms with van der Waals surface area (Å²) in [5, 5.41) is 2.94. The van der Waals surface area contributed by atoms with Gasteiger partial charge in [0.1, 0.15) is 23.6 Å². The number of fused-ring (bicyclic) bond motifs is 1. The fourth-order valence-corrected chi connectivity index (χ4v) is 4.22. The van der Waals surface area contributed by atoms with E-state index in [0.717, 1.165) is 30.5 Å². The molecule has 5 rings (SSSR count). The Hall–Kier alpha value is -3.39. The SMILES string of the molecule is O=C(NCc1ccn2ccnc2c1)c1ccc(O[C@H]2CCN(C(=O)[C@H]3CCCO3)C2)cc1. The van der Waals surface area contributed by atoms with Crippen LogP contribution in [-0.4, -0.2) is 58.0 Å². The lowest BCUT2D eigenvalue weighted by Gasteiger charge is -2.20. The number of rotatable bonds is 6. The second-order valence-corrected chi connectivity index (χ2v) is 8.25. The van der Waals surface area contributed by atoms with Crippen molar-refractivity contribution in [3.05, 3.63) is 66.1 Å². The van der Waals surface area contributed by atoms with E-state index in [1.165, 1.54) is 0 Å². The van der Waals surface area contributed by atoms with Crippen molar-refractivity contribution in [2.75, 3.05) is 19.7 Å². The number of amides is 2. The van der Waals surface area contributed by atoms with Gasteiger partial charge in [-0.05, 0) is 54.8 Å². The summed E-state index contributed by atoms with van der Waals surface area (Å²) in [7, 11) is 0. The van der Waals surface area contributed by atoms with Crippen LogP contribution < -0.4 is 10.1 Å². The van der Waals surface area contributed by atoms with E-state index < -0.39 is 0 Å². The first-order valence-electron chi connectivity index (χ1n) is 11.0. The second-order valence-electron chi connectivity index (χ2n) is 8.25. The third-order valence-electron chi connectivity index (χ3n) is 6.00. The molecule has 2 aromatic heterocycles. The van der Waals surface area contributed by atoms with Crippen LogP contribution in [0.3, 0.4) is 0 Å². The van der Waals surface area contributed by atoms with Gasteiger partial charge in [-0.15, -0.1) is 0 Å². The molecule has 2 atom stereocenters. The molecule has 0 spiro atoms. The first-order chi connectivity index (χ1) is 15.7. The highest BCUT2D eigenvalue weighted by Gasteiger charge is 2.33. The number of ether oxygens (including phenoxy) is 2. The Morgan fingerprint density at radius 1 is 1.16 bits per heavy atom. The Morgan fingerprint density at radius 3 is 2.84 bits per heavy atom. The molecule has 2 aliphatic heterocycles. The summed E-state index contributed by atoms with van der Waals surface area (Å²) in [6, 6.07) is 11.0. The predicted molar refractivity (Wildman–Crippen MR) is 117 cm³/mol. The lowest BCUT2D eigenvalue weighted by molar-refractivity contribution is -0.140. The van der Waals surface area contributed by atoms with Gasteiger partial charge >= 0.3 is 0 Å². The minimum atomic E-state index is -0.284. The third-order valence-corrected chi connectivity index (χ3v) is 6.00. The number of carbonyl (C=O) groups is 2.